The normalized spacial score (nSPS) is 12.0. The minimum absolute atomic E-state index is 0.271. The molecule has 1 aromatic rings. The average Bonchev–Trinajstić information content (AvgIpc) is 2.38. The zero-order valence-electron chi connectivity index (χ0n) is 10.0. The van der Waals surface area contributed by atoms with E-state index in [-0.39, 0.29) is 6.54 Å². The van der Waals surface area contributed by atoms with Gasteiger partial charge in [0.2, 0.25) is 0 Å². The third-order valence-electron chi connectivity index (χ3n) is 2.21. The number of aliphatic carboxylic acids is 1. The lowest BCUT2D eigenvalue weighted by Gasteiger charge is -2.07. The van der Waals surface area contributed by atoms with Gasteiger partial charge in [-0.2, -0.15) is 0 Å². The second-order valence-corrected chi connectivity index (χ2v) is 3.49. The molecule has 0 radical (unpaired) electrons. The summed E-state index contributed by atoms with van der Waals surface area (Å²) >= 11 is 0. The summed E-state index contributed by atoms with van der Waals surface area (Å²) in [5, 5.41) is 8.72. The number of hydrogen-bond acceptors (Lipinski definition) is 2. The van der Waals surface area contributed by atoms with Gasteiger partial charge in [0, 0.05) is 5.56 Å². The Morgan fingerprint density at radius 2 is 1.94 bits per heavy atom. The number of carboxylic acid groups (broad SMARTS) is 1. The molecule has 0 bridgehead atoms. The van der Waals surface area contributed by atoms with Crippen LogP contribution in [-0.4, -0.2) is 23.3 Å². The van der Waals surface area contributed by atoms with Crippen molar-refractivity contribution in [2.24, 2.45) is 4.99 Å². The zero-order chi connectivity index (χ0) is 13.4. The van der Waals surface area contributed by atoms with Gasteiger partial charge in [0.15, 0.2) is 0 Å². The molecule has 1 N–H and O–H groups in total. The summed E-state index contributed by atoms with van der Waals surface area (Å²) in [6.45, 7) is 7.06. The maximum absolute atomic E-state index is 10.6. The summed E-state index contributed by atoms with van der Waals surface area (Å²) in [6.07, 6.45) is 5.01. The number of carbonyl (C=O) groups is 1. The Morgan fingerprint density at radius 1 is 1.28 bits per heavy atom. The lowest BCUT2D eigenvalue weighted by molar-refractivity contribution is -0.135. The Bertz CT molecular complexity index is 498. The summed E-state index contributed by atoms with van der Waals surface area (Å²) in [5.74, 6) is -0.967. The first-order valence-corrected chi connectivity index (χ1v) is 5.46. The van der Waals surface area contributed by atoms with Gasteiger partial charge in [-0.1, -0.05) is 61.7 Å². The van der Waals surface area contributed by atoms with Crippen LogP contribution in [0.15, 0.2) is 72.3 Å². The first-order chi connectivity index (χ1) is 8.69. The maximum atomic E-state index is 10.6. The van der Waals surface area contributed by atoms with Crippen molar-refractivity contribution in [1.82, 2.24) is 0 Å². The van der Waals surface area contributed by atoms with Crippen molar-refractivity contribution in [3.63, 3.8) is 0 Å². The van der Waals surface area contributed by atoms with Crippen LogP contribution < -0.4 is 0 Å². The third kappa shape index (κ3) is 3.87. The summed E-state index contributed by atoms with van der Waals surface area (Å²) in [4.78, 5) is 14.7. The van der Waals surface area contributed by atoms with E-state index in [0.717, 1.165) is 11.1 Å². The molecule has 0 aromatic heterocycles. The van der Waals surface area contributed by atoms with Gasteiger partial charge in [-0.15, -0.1) is 0 Å². The Hall–Kier alpha value is -2.42. The topological polar surface area (TPSA) is 49.7 Å². The highest BCUT2D eigenvalue weighted by Gasteiger charge is 2.07. The molecule has 0 unspecified atom stereocenters. The number of benzene rings is 1. The van der Waals surface area contributed by atoms with E-state index in [1.165, 1.54) is 0 Å². The van der Waals surface area contributed by atoms with Crippen LogP contribution >= 0.6 is 0 Å². The van der Waals surface area contributed by atoms with Crippen LogP contribution in [-0.2, 0) is 4.79 Å². The van der Waals surface area contributed by atoms with Crippen LogP contribution in [0.4, 0.5) is 0 Å². The Morgan fingerprint density at radius 3 is 2.44 bits per heavy atom. The number of hydrogen-bond donors (Lipinski definition) is 1. The van der Waals surface area contributed by atoms with Crippen molar-refractivity contribution in [2.45, 2.75) is 0 Å². The fourth-order valence-electron chi connectivity index (χ4n) is 1.46. The summed E-state index contributed by atoms with van der Waals surface area (Å²) in [5.41, 5.74) is 2.21. The summed E-state index contributed by atoms with van der Waals surface area (Å²) in [7, 11) is 0. The molecular formula is C15H15NO2. The van der Waals surface area contributed by atoms with E-state index in [9.17, 15) is 4.79 Å². The van der Waals surface area contributed by atoms with Crippen LogP contribution in [0.5, 0.6) is 0 Å². The van der Waals surface area contributed by atoms with Gasteiger partial charge in [-0.3, -0.25) is 9.79 Å². The monoisotopic (exact) mass is 241 g/mol. The molecule has 0 aliphatic heterocycles. The van der Waals surface area contributed by atoms with Gasteiger partial charge in [-0.25, -0.2) is 0 Å². The smallest absolute Gasteiger partial charge is 0.325 e. The average molecular weight is 241 g/mol. The highest BCUT2D eigenvalue weighted by atomic mass is 16.4. The van der Waals surface area contributed by atoms with E-state index in [0.29, 0.717) is 5.71 Å². The van der Waals surface area contributed by atoms with Gasteiger partial charge < -0.3 is 5.11 Å². The molecule has 3 nitrogen and oxygen atoms in total. The minimum Gasteiger partial charge on any atom is -0.480 e. The van der Waals surface area contributed by atoms with Crippen LogP contribution in [0.2, 0.25) is 0 Å². The van der Waals surface area contributed by atoms with Crippen LogP contribution in [0.3, 0.4) is 0 Å². The van der Waals surface area contributed by atoms with Crippen molar-refractivity contribution < 1.29 is 9.90 Å². The van der Waals surface area contributed by atoms with E-state index >= 15 is 0 Å². The molecule has 0 aliphatic carbocycles. The van der Waals surface area contributed by atoms with Crippen molar-refractivity contribution in [3.05, 3.63) is 72.9 Å². The maximum Gasteiger partial charge on any atom is 0.325 e. The molecule has 0 saturated heterocycles. The third-order valence-corrected chi connectivity index (χ3v) is 2.21. The number of allylic oxidation sites excluding steroid dienone is 4. The molecule has 1 aromatic carbocycles. The molecule has 0 heterocycles. The molecule has 0 spiro atoms. The quantitative estimate of drug-likeness (QED) is 0.615. The predicted octanol–water partition coefficient (Wildman–Crippen LogP) is 2.86. The molecule has 0 atom stereocenters. The number of carboxylic acids is 1. The van der Waals surface area contributed by atoms with Gasteiger partial charge in [-0.05, 0) is 5.57 Å². The van der Waals surface area contributed by atoms with Crippen molar-refractivity contribution >= 4 is 11.7 Å². The van der Waals surface area contributed by atoms with Gasteiger partial charge in [0.05, 0.1) is 5.71 Å². The van der Waals surface area contributed by atoms with Crippen molar-refractivity contribution in [2.75, 3.05) is 6.54 Å². The molecule has 0 saturated carbocycles. The second kappa shape index (κ2) is 7.01. The molecular weight excluding hydrogens is 226 g/mol. The highest BCUT2D eigenvalue weighted by Crippen LogP contribution is 2.11. The number of aliphatic imine (C=N–C) groups is 1. The molecule has 3 heteroatoms. The standard InChI is InChI=1S/C15H15NO2/c1-3-8-12(4-2)15(16-11-14(17)18)13-9-6-5-7-10-13/h3-10H,1-2,11H2,(H,17,18)/b12-8+,16-15?. The summed E-state index contributed by atoms with van der Waals surface area (Å²) < 4.78 is 0. The molecule has 0 amide bonds. The van der Waals surface area contributed by atoms with Crippen molar-refractivity contribution in [1.29, 1.82) is 0 Å². The van der Waals surface area contributed by atoms with Crippen LogP contribution in [0.25, 0.3) is 0 Å². The molecule has 0 fully saturated rings. The van der Waals surface area contributed by atoms with Gasteiger partial charge in [0.1, 0.15) is 6.54 Å². The molecule has 0 aliphatic rings. The number of rotatable bonds is 6. The summed E-state index contributed by atoms with van der Waals surface area (Å²) in [6, 6.07) is 9.39. The second-order valence-electron chi connectivity index (χ2n) is 3.49. The fraction of sp³-hybridized carbons (Fsp3) is 0.0667. The van der Waals surface area contributed by atoms with E-state index in [1.54, 1.807) is 18.2 Å². The van der Waals surface area contributed by atoms with Crippen molar-refractivity contribution in [3.8, 4) is 0 Å². The molecule has 18 heavy (non-hydrogen) atoms. The molecule has 1 rings (SSSR count). The SMILES string of the molecule is C=C/C=C(\C=C)C(=NCC(=O)O)c1ccccc1. The van der Waals surface area contributed by atoms with E-state index in [2.05, 4.69) is 18.2 Å². The first-order valence-electron chi connectivity index (χ1n) is 5.46. The Labute approximate surface area is 106 Å². The van der Waals surface area contributed by atoms with E-state index in [4.69, 9.17) is 5.11 Å². The minimum atomic E-state index is -0.967. The first kappa shape index (κ1) is 13.6. The van der Waals surface area contributed by atoms with E-state index < -0.39 is 5.97 Å². The predicted molar refractivity (Wildman–Crippen MR) is 74.0 cm³/mol. The Balaban J connectivity index is 3.22. The zero-order valence-corrected chi connectivity index (χ0v) is 10.0. The lowest BCUT2D eigenvalue weighted by atomic mass is 10.0. The Kier molecular flexibility index (Phi) is 5.32. The highest BCUT2D eigenvalue weighted by molar-refractivity contribution is 6.14. The fourth-order valence-corrected chi connectivity index (χ4v) is 1.46. The van der Waals surface area contributed by atoms with E-state index in [1.807, 2.05) is 30.3 Å². The molecule has 92 valence electrons. The van der Waals surface area contributed by atoms with Gasteiger partial charge in [0.25, 0.3) is 0 Å². The van der Waals surface area contributed by atoms with Gasteiger partial charge >= 0.3 is 5.97 Å². The largest absolute Gasteiger partial charge is 0.480 e. The lowest BCUT2D eigenvalue weighted by Crippen LogP contribution is -2.08. The van der Waals surface area contributed by atoms with Crippen LogP contribution in [0, 0.1) is 0 Å². The number of nitrogens with zero attached hydrogens (tertiary/aromatic N) is 1. The van der Waals surface area contributed by atoms with Crippen LogP contribution in [0.1, 0.15) is 5.56 Å².